The number of benzene rings is 3. The van der Waals surface area contributed by atoms with Crippen molar-refractivity contribution in [2.24, 2.45) is 0 Å². The Morgan fingerprint density at radius 2 is 1.83 bits per heavy atom. The molecule has 24 heavy (non-hydrogen) atoms. The van der Waals surface area contributed by atoms with E-state index in [-0.39, 0.29) is 17.2 Å². The van der Waals surface area contributed by atoms with Crippen LogP contribution in [0.5, 0.6) is 0 Å². The Morgan fingerprint density at radius 3 is 2.62 bits per heavy atom. The first-order valence-corrected chi connectivity index (χ1v) is 7.67. The van der Waals surface area contributed by atoms with Gasteiger partial charge >= 0.3 is 5.97 Å². The molecule has 0 fully saturated rings. The maximum atomic E-state index is 14.0. The van der Waals surface area contributed by atoms with Crippen molar-refractivity contribution in [3.05, 3.63) is 71.0 Å². The van der Waals surface area contributed by atoms with Crippen molar-refractivity contribution in [2.75, 3.05) is 0 Å². The first kappa shape index (κ1) is 14.6. The number of halogens is 1. The third kappa shape index (κ3) is 2.11. The first-order valence-electron chi connectivity index (χ1n) is 7.67. The number of carbonyl (C=O) groups excluding carboxylic acids is 1. The van der Waals surface area contributed by atoms with Gasteiger partial charge in [-0.1, -0.05) is 30.3 Å². The predicted octanol–water partition coefficient (Wildman–Crippen LogP) is 4.47. The van der Waals surface area contributed by atoms with E-state index in [0.29, 0.717) is 29.5 Å². The maximum Gasteiger partial charge on any atom is 0.335 e. The number of rotatable bonds is 2. The lowest BCUT2D eigenvalue weighted by Gasteiger charge is -2.12. The Balaban J connectivity index is 2.05. The zero-order valence-electron chi connectivity index (χ0n) is 12.7. The molecule has 0 spiro atoms. The Hall–Kier alpha value is -3.01. The van der Waals surface area contributed by atoms with Crippen LogP contribution in [0.4, 0.5) is 4.39 Å². The van der Waals surface area contributed by atoms with Gasteiger partial charge in [-0.25, -0.2) is 9.18 Å². The summed E-state index contributed by atoms with van der Waals surface area (Å²) < 4.78 is 14.0. The topological polar surface area (TPSA) is 54.4 Å². The molecule has 0 aliphatic heterocycles. The standard InChI is InChI=1S/C20H13FO3/c21-17-8-6-14(19-15(17)7-9-18(19)22)13-3-1-2-11-4-5-12(20(23)24)10-16(11)13/h1-6,8,10H,7,9H2,(H,23,24). The number of carbonyl (C=O) groups is 2. The number of ketones is 1. The number of carboxylic acids is 1. The van der Waals surface area contributed by atoms with Gasteiger partial charge in [0.15, 0.2) is 5.78 Å². The third-order valence-corrected chi connectivity index (χ3v) is 4.56. The summed E-state index contributed by atoms with van der Waals surface area (Å²) in [6.07, 6.45) is 0.730. The summed E-state index contributed by atoms with van der Waals surface area (Å²) in [5.74, 6) is -1.43. The van der Waals surface area contributed by atoms with Crippen molar-refractivity contribution in [1.29, 1.82) is 0 Å². The van der Waals surface area contributed by atoms with Gasteiger partial charge in [0, 0.05) is 12.0 Å². The van der Waals surface area contributed by atoms with E-state index in [9.17, 15) is 19.1 Å². The molecular weight excluding hydrogens is 307 g/mol. The van der Waals surface area contributed by atoms with Gasteiger partial charge < -0.3 is 5.11 Å². The molecule has 0 radical (unpaired) electrons. The molecule has 0 amide bonds. The summed E-state index contributed by atoms with van der Waals surface area (Å²) in [4.78, 5) is 23.5. The van der Waals surface area contributed by atoms with Crippen LogP contribution in [0, 0.1) is 5.82 Å². The Bertz CT molecular complexity index is 1020. The molecule has 118 valence electrons. The van der Waals surface area contributed by atoms with Gasteiger partial charge in [-0.05, 0) is 52.1 Å². The highest BCUT2D eigenvalue weighted by molar-refractivity contribution is 6.10. The highest BCUT2D eigenvalue weighted by Crippen LogP contribution is 2.37. The van der Waals surface area contributed by atoms with Crippen molar-refractivity contribution < 1.29 is 19.1 Å². The number of aromatic carboxylic acids is 1. The lowest BCUT2D eigenvalue weighted by atomic mass is 9.91. The second-order valence-corrected chi connectivity index (χ2v) is 5.92. The molecule has 3 nitrogen and oxygen atoms in total. The third-order valence-electron chi connectivity index (χ3n) is 4.56. The van der Waals surface area contributed by atoms with Crippen molar-refractivity contribution in [3.8, 4) is 11.1 Å². The van der Waals surface area contributed by atoms with Crippen LogP contribution in [0.3, 0.4) is 0 Å². The fraction of sp³-hybridized carbons (Fsp3) is 0.100. The monoisotopic (exact) mass is 320 g/mol. The van der Waals surface area contributed by atoms with Gasteiger partial charge in [-0.15, -0.1) is 0 Å². The molecule has 0 saturated carbocycles. The van der Waals surface area contributed by atoms with Crippen LogP contribution in [0.15, 0.2) is 48.5 Å². The van der Waals surface area contributed by atoms with Crippen LogP contribution in [-0.4, -0.2) is 16.9 Å². The van der Waals surface area contributed by atoms with Crippen molar-refractivity contribution in [3.63, 3.8) is 0 Å². The summed E-state index contributed by atoms with van der Waals surface area (Å²) in [5, 5.41) is 10.9. The Kier molecular flexibility index (Phi) is 3.20. The highest BCUT2D eigenvalue weighted by atomic mass is 19.1. The fourth-order valence-corrected chi connectivity index (χ4v) is 3.41. The average molecular weight is 320 g/mol. The number of carboxylic acid groups (broad SMARTS) is 1. The summed E-state index contributed by atoms with van der Waals surface area (Å²) in [5.41, 5.74) is 2.50. The zero-order chi connectivity index (χ0) is 16.8. The smallest absolute Gasteiger partial charge is 0.335 e. The predicted molar refractivity (Wildman–Crippen MR) is 89.0 cm³/mol. The molecule has 0 heterocycles. The van der Waals surface area contributed by atoms with Crippen LogP contribution in [0.25, 0.3) is 21.9 Å². The van der Waals surface area contributed by atoms with Crippen molar-refractivity contribution in [2.45, 2.75) is 12.8 Å². The molecule has 3 aromatic rings. The minimum Gasteiger partial charge on any atom is -0.478 e. The van der Waals surface area contributed by atoms with Gasteiger partial charge in [0.1, 0.15) is 5.82 Å². The van der Waals surface area contributed by atoms with Crippen LogP contribution < -0.4 is 0 Å². The highest BCUT2D eigenvalue weighted by Gasteiger charge is 2.27. The molecule has 0 bridgehead atoms. The number of hydrogen-bond acceptors (Lipinski definition) is 2. The molecule has 1 aliphatic carbocycles. The van der Waals surface area contributed by atoms with E-state index in [1.165, 1.54) is 6.07 Å². The molecule has 1 aliphatic rings. The molecule has 1 N–H and O–H groups in total. The zero-order valence-corrected chi connectivity index (χ0v) is 12.7. The van der Waals surface area contributed by atoms with E-state index in [1.807, 2.05) is 18.2 Å². The largest absolute Gasteiger partial charge is 0.478 e. The van der Waals surface area contributed by atoms with Crippen LogP contribution in [-0.2, 0) is 6.42 Å². The Labute approximate surface area is 137 Å². The summed E-state index contributed by atoms with van der Waals surface area (Å²) >= 11 is 0. The molecule has 0 unspecified atom stereocenters. The molecule has 0 aromatic heterocycles. The maximum absolute atomic E-state index is 14.0. The van der Waals surface area contributed by atoms with Crippen LogP contribution in [0.2, 0.25) is 0 Å². The lowest BCUT2D eigenvalue weighted by Crippen LogP contribution is -1.99. The van der Waals surface area contributed by atoms with E-state index < -0.39 is 5.97 Å². The minimum absolute atomic E-state index is 0.0640. The number of fused-ring (bicyclic) bond motifs is 2. The lowest BCUT2D eigenvalue weighted by molar-refractivity contribution is 0.0697. The molecule has 0 saturated heterocycles. The van der Waals surface area contributed by atoms with Crippen LogP contribution >= 0.6 is 0 Å². The minimum atomic E-state index is -1.01. The first-order chi connectivity index (χ1) is 11.6. The quantitative estimate of drug-likeness (QED) is 0.758. The molecule has 4 heteroatoms. The van der Waals surface area contributed by atoms with Gasteiger partial charge in [0.2, 0.25) is 0 Å². The fourth-order valence-electron chi connectivity index (χ4n) is 3.41. The van der Waals surface area contributed by atoms with Crippen LogP contribution in [0.1, 0.15) is 32.7 Å². The SMILES string of the molecule is O=C(O)c1ccc2cccc(-c3ccc(F)c4c3C(=O)CC4)c2c1. The molecule has 0 atom stereocenters. The van der Waals surface area contributed by atoms with E-state index in [0.717, 1.165) is 16.3 Å². The van der Waals surface area contributed by atoms with Gasteiger partial charge in [0.05, 0.1) is 5.56 Å². The van der Waals surface area contributed by atoms with E-state index in [1.54, 1.807) is 24.3 Å². The molecular formula is C20H13FO3. The normalized spacial score (nSPS) is 13.3. The molecule has 4 rings (SSSR count). The van der Waals surface area contributed by atoms with E-state index in [4.69, 9.17) is 0 Å². The second-order valence-electron chi connectivity index (χ2n) is 5.92. The van der Waals surface area contributed by atoms with E-state index >= 15 is 0 Å². The van der Waals surface area contributed by atoms with Crippen molar-refractivity contribution >= 4 is 22.5 Å². The van der Waals surface area contributed by atoms with Gasteiger partial charge in [0.25, 0.3) is 0 Å². The summed E-state index contributed by atoms with van der Waals surface area (Å²) in [6, 6.07) is 13.5. The van der Waals surface area contributed by atoms with Crippen molar-refractivity contribution in [1.82, 2.24) is 0 Å². The number of hydrogen-bond donors (Lipinski definition) is 1. The van der Waals surface area contributed by atoms with E-state index in [2.05, 4.69) is 0 Å². The average Bonchev–Trinajstić information content (AvgIpc) is 2.97. The molecule has 3 aromatic carbocycles. The Morgan fingerprint density at radius 1 is 1.00 bits per heavy atom. The van der Waals surface area contributed by atoms with Gasteiger partial charge in [-0.2, -0.15) is 0 Å². The van der Waals surface area contributed by atoms with Gasteiger partial charge in [-0.3, -0.25) is 4.79 Å². The summed E-state index contributed by atoms with van der Waals surface area (Å²) in [6.45, 7) is 0. The second kappa shape index (κ2) is 5.27. The number of Topliss-reactive ketones (excluding diaryl/α,β-unsaturated/α-hetero) is 1. The summed E-state index contributed by atoms with van der Waals surface area (Å²) in [7, 11) is 0.